The van der Waals surface area contributed by atoms with Crippen LogP contribution in [0.15, 0.2) is 20.0 Å². The Morgan fingerprint density at radius 1 is 1.48 bits per heavy atom. The number of hydrogen-bond acceptors (Lipinski definition) is 4. The fraction of sp³-hybridized carbons (Fsp3) is 0.615. The van der Waals surface area contributed by atoms with Crippen molar-refractivity contribution in [3.05, 3.63) is 16.5 Å². The Morgan fingerprint density at radius 2 is 2.10 bits per heavy atom. The number of nitrogens with zero attached hydrogens (tertiary/aromatic N) is 1. The first kappa shape index (κ1) is 16.5. The third-order valence-electron chi connectivity index (χ3n) is 3.87. The highest BCUT2D eigenvalue weighted by atomic mass is 79.9. The molecule has 2 N–H and O–H groups in total. The lowest BCUT2D eigenvalue weighted by Crippen LogP contribution is -2.30. The zero-order valence-electron chi connectivity index (χ0n) is 12.2. The van der Waals surface area contributed by atoms with Crippen LogP contribution in [0.1, 0.15) is 37.7 Å². The van der Waals surface area contributed by atoms with Gasteiger partial charge in [0.1, 0.15) is 4.90 Å². The summed E-state index contributed by atoms with van der Waals surface area (Å²) in [5, 5.41) is 5.06. The summed E-state index contributed by atoms with van der Waals surface area (Å²) in [5.74, 6) is 0.0929. The lowest BCUT2D eigenvalue weighted by Gasteiger charge is -2.26. The molecule has 1 aromatic heterocycles. The molecular weight excluding hydrogens is 360 g/mol. The van der Waals surface area contributed by atoms with Gasteiger partial charge < -0.3 is 9.32 Å². The van der Waals surface area contributed by atoms with Crippen molar-refractivity contribution >= 4 is 31.9 Å². The molecule has 1 atom stereocenters. The zero-order chi connectivity index (χ0) is 16.0. The van der Waals surface area contributed by atoms with Crippen LogP contribution in [0, 0.1) is 11.3 Å². The second-order valence-corrected chi connectivity index (χ2v) is 8.65. The topological polar surface area (TPSA) is 93.6 Å². The van der Waals surface area contributed by atoms with Crippen molar-refractivity contribution in [2.45, 2.75) is 32.1 Å². The summed E-state index contributed by atoms with van der Waals surface area (Å²) in [7, 11) is -3.92. The van der Waals surface area contributed by atoms with E-state index in [2.05, 4.69) is 36.7 Å². The van der Waals surface area contributed by atoms with E-state index >= 15 is 0 Å². The van der Waals surface area contributed by atoms with Gasteiger partial charge in [0.25, 0.3) is 5.91 Å². The van der Waals surface area contributed by atoms with Crippen LogP contribution >= 0.6 is 15.9 Å². The largest absolute Gasteiger partial charge is 0.443 e. The summed E-state index contributed by atoms with van der Waals surface area (Å²) in [6, 6.07) is 1.17. The van der Waals surface area contributed by atoms with Crippen molar-refractivity contribution in [2.24, 2.45) is 16.5 Å². The molecule has 8 heteroatoms. The van der Waals surface area contributed by atoms with Crippen LogP contribution in [0.5, 0.6) is 0 Å². The Bertz CT molecular complexity index is 660. The Balaban J connectivity index is 2.19. The highest BCUT2D eigenvalue weighted by Crippen LogP contribution is 2.34. The number of nitrogens with two attached hydrogens (primary N) is 1. The highest BCUT2D eigenvalue weighted by Gasteiger charge is 2.35. The van der Waals surface area contributed by atoms with E-state index in [4.69, 9.17) is 9.56 Å². The van der Waals surface area contributed by atoms with E-state index in [1.807, 2.05) is 0 Å². The van der Waals surface area contributed by atoms with Gasteiger partial charge in [0.05, 0.1) is 0 Å². The summed E-state index contributed by atoms with van der Waals surface area (Å²) >= 11 is 2.98. The van der Waals surface area contributed by atoms with Crippen molar-refractivity contribution in [3.63, 3.8) is 0 Å². The fourth-order valence-corrected chi connectivity index (χ4v) is 3.96. The van der Waals surface area contributed by atoms with Gasteiger partial charge in [-0.1, -0.05) is 20.8 Å². The minimum Gasteiger partial charge on any atom is -0.443 e. The minimum absolute atomic E-state index is 0.0135. The average Bonchev–Trinajstić information content (AvgIpc) is 2.92. The summed E-state index contributed by atoms with van der Waals surface area (Å²) in [4.78, 5) is 13.9. The van der Waals surface area contributed by atoms with Crippen molar-refractivity contribution in [2.75, 3.05) is 13.1 Å². The maximum atomic E-state index is 12.4. The van der Waals surface area contributed by atoms with Crippen LogP contribution < -0.4 is 5.14 Å². The van der Waals surface area contributed by atoms with Crippen molar-refractivity contribution in [1.82, 2.24) is 4.90 Å². The number of likely N-dealkylation sites (tertiary alicyclic amines) is 1. The smallest absolute Gasteiger partial charge is 0.289 e. The minimum atomic E-state index is -3.92. The number of sulfonamides is 1. The van der Waals surface area contributed by atoms with Gasteiger partial charge in [-0.05, 0) is 33.7 Å². The van der Waals surface area contributed by atoms with Crippen LogP contribution in [-0.4, -0.2) is 32.3 Å². The first-order chi connectivity index (χ1) is 9.50. The molecule has 0 aliphatic carbocycles. The van der Waals surface area contributed by atoms with Crippen LogP contribution in [0.2, 0.25) is 0 Å². The van der Waals surface area contributed by atoms with Gasteiger partial charge in [-0.15, -0.1) is 0 Å². The van der Waals surface area contributed by atoms with Crippen LogP contribution in [0.25, 0.3) is 0 Å². The molecule has 21 heavy (non-hydrogen) atoms. The molecule has 2 heterocycles. The Labute approximate surface area is 132 Å². The molecular formula is C13H19BrN2O4S. The second-order valence-electron chi connectivity index (χ2n) is 6.40. The van der Waals surface area contributed by atoms with E-state index < -0.39 is 10.0 Å². The first-order valence-electron chi connectivity index (χ1n) is 6.61. The van der Waals surface area contributed by atoms with Crippen molar-refractivity contribution in [3.8, 4) is 0 Å². The lowest BCUT2D eigenvalue weighted by atomic mass is 9.80. The average molecular weight is 379 g/mol. The van der Waals surface area contributed by atoms with E-state index in [1.165, 1.54) is 6.07 Å². The van der Waals surface area contributed by atoms with Crippen LogP contribution in [0.4, 0.5) is 0 Å². The number of primary sulfonamides is 1. The molecule has 6 nitrogen and oxygen atoms in total. The highest BCUT2D eigenvalue weighted by molar-refractivity contribution is 9.10. The van der Waals surface area contributed by atoms with Gasteiger partial charge in [0.15, 0.2) is 10.4 Å². The number of furan rings is 1. The fourth-order valence-electron chi connectivity index (χ4n) is 2.46. The van der Waals surface area contributed by atoms with Crippen molar-refractivity contribution < 1.29 is 17.6 Å². The molecule has 0 radical (unpaired) electrons. The van der Waals surface area contributed by atoms with E-state index in [9.17, 15) is 13.2 Å². The number of hydrogen-bond donors (Lipinski definition) is 1. The van der Waals surface area contributed by atoms with E-state index in [0.717, 1.165) is 6.42 Å². The maximum Gasteiger partial charge on any atom is 0.289 e. The van der Waals surface area contributed by atoms with Crippen molar-refractivity contribution in [1.29, 1.82) is 0 Å². The molecule has 1 aliphatic rings. The van der Waals surface area contributed by atoms with Gasteiger partial charge >= 0.3 is 0 Å². The van der Waals surface area contributed by atoms with E-state index in [0.29, 0.717) is 19.0 Å². The summed E-state index contributed by atoms with van der Waals surface area (Å²) in [6.45, 7) is 7.73. The maximum absolute atomic E-state index is 12.4. The predicted molar refractivity (Wildman–Crippen MR) is 81.2 cm³/mol. The molecule has 0 bridgehead atoms. The molecule has 1 aromatic rings. The van der Waals surface area contributed by atoms with Gasteiger partial charge in [-0.3, -0.25) is 4.79 Å². The molecule has 0 aromatic carbocycles. The monoisotopic (exact) mass is 378 g/mol. The Morgan fingerprint density at radius 3 is 2.52 bits per heavy atom. The Kier molecular flexibility index (Phi) is 4.25. The number of amides is 1. The molecule has 1 amide bonds. The molecule has 1 unspecified atom stereocenters. The molecule has 2 rings (SSSR count). The third-order valence-corrected chi connectivity index (χ3v) is 5.64. The van der Waals surface area contributed by atoms with Gasteiger partial charge in [-0.25, -0.2) is 13.6 Å². The Hall–Kier alpha value is -0.860. The SMILES string of the molecule is CC(C)(C)C1CCN(C(=O)c2cc(S(N)(=O)=O)c(Br)o2)C1. The third kappa shape index (κ3) is 3.49. The molecule has 0 saturated carbocycles. The standard InChI is InChI=1S/C13H19BrN2O4S/c1-13(2,3)8-4-5-16(7-8)12(17)9-6-10(11(14)20-9)21(15,18)19/h6,8H,4-5,7H2,1-3H3,(H2,15,18,19). The normalized spacial score (nSPS) is 20.0. The molecule has 1 saturated heterocycles. The predicted octanol–water partition coefficient (Wildman–Crippen LogP) is 2.20. The van der Waals surface area contributed by atoms with E-state index in [1.54, 1.807) is 4.90 Å². The summed E-state index contributed by atoms with van der Waals surface area (Å²) in [6.07, 6.45) is 0.930. The molecule has 0 spiro atoms. The molecule has 1 fully saturated rings. The van der Waals surface area contributed by atoms with E-state index in [-0.39, 0.29) is 26.6 Å². The molecule has 118 valence electrons. The number of carbonyl (C=O) groups is 1. The second kappa shape index (κ2) is 5.40. The number of rotatable bonds is 2. The lowest BCUT2D eigenvalue weighted by molar-refractivity contribution is 0.0743. The summed E-state index contributed by atoms with van der Waals surface area (Å²) in [5.41, 5.74) is 0.129. The number of carbonyl (C=O) groups excluding carboxylic acids is 1. The summed E-state index contributed by atoms with van der Waals surface area (Å²) < 4.78 is 27.9. The first-order valence-corrected chi connectivity index (χ1v) is 8.95. The number of halogens is 1. The van der Waals surface area contributed by atoms with Gasteiger partial charge in [-0.2, -0.15) is 0 Å². The molecule has 1 aliphatic heterocycles. The van der Waals surface area contributed by atoms with Gasteiger partial charge in [0.2, 0.25) is 10.0 Å². The van der Waals surface area contributed by atoms with Crippen LogP contribution in [0.3, 0.4) is 0 Å². The zero-order valence-corrected chi connectivity index (χ0v) is 14.6. The van der Waals surface area contributed by atoms with Crippen LogP contribution in [-0.2, 0) is 10.0 Å². The van der Waals surface area contributed by atoms with Gasteiger partial charge in [0, 0.05) is 19.2 Å². The quantitative estimate of drug-likeness (QED) is 0.853.